The molecule has 0 fully saturated rings. The first-order valence-electron chi connectivity index (χ1n) is 6.61. The van der Waals surface area contributed by atoms with Gasteiger partial charge in [0.15, 0.2) is 11.5 Å². The molecule has 18 heavy (non-hydrogen) atoms. The minimum atomic E-state index is 0.208. The summed E-state index contributed by atoms with van der Waals surface area (Å²) >= 11 is 0. The van der Waals surface area contributed by atoms with Crippen LogP contribution in [0.25, 0.3) is 0 Å². The zero-order valence-electron chi connectivity index (χ0n) is 12.4. The maximum absolute atomic E-state index is 9.66. The van der Waals surface area contributed by atoms with E-state index in [1.54, 1.807) is 13.2 Å². The fraction of sp³-hybridized carbons (Fsp3) is 0.625. The fourth-order valence-electron chi connectivity index (χ4n) is 2.32. The van der Waals surface area contributed by atoms with Crippen molar-refractivity contribution < 1.29 is 9.84 Å². The standard InChI is InChI=1S/C16H26O2/c1-11(2)13(10-16(3,4)5)12-7-8-14(17)15(9-12)18-6/h7-9,11,13,17H,10H2,1-6H3. The minimum Gasteiger partial charge on any atom is -0.504 e. The summed E-state index contributed by atoms with van der Waals surface area (Å²) in [6.07, 6.45) is 1.12. The van der Waals surface area contributed by atoms with Gasteiger partial charge < -0.3 is 9.84 Å². The first kappa shape index (κ1) is 14.9. The van der Waals surface area contributed by atoms with Gasteiger partial charge in [0.2, 0.25) is 0 Å². The molecule has 0 heterocycles. The predicted molar refractivity (Wildman–Crippen MR) is 76.3 cm³/mol. The molecule has 2 heteroatoms. The molecule has 1 atom stereocenters. The molecule has 0 amide bonds. The van der Waals surface area contributed by atoms with Gasteiger partial charge in [-0.1, -0.05) is 40.7 Å². The average molecular weight is 250 g/mol. The van der Waals surface area contributed by atoms with Crippen LogP contribution in [0.2, 0.25) is 0 Å². The van der Waals surface area contributed by atoms with E-state index in [0.29, 0.717) is 23.0 Å². The van der Waals surface area contributed by atoms with E-state index in [9.17, 15) is 5.11 Å². The summed E-state index contributed by atoms with van der Waals surface area (Å²) in [5, 5.41) is 9.66. The molecule has 0 bridgehead atoms. The van der Waals surface area contributed by atoms with Gasteiger partial charge in [-0.25, -0.2) is 0 Å². The Morgan fingerprint density at radius 2 is 1.83 bits per heavy atom. The second-order valence-electron chi connectivity index (χ2n) is 6.55. The van der Waals surface area contributed by atoms with E-state index in [1.165, 1.54) is 5.56 Å². The van der Waals surface area contributed by atoms with E-state index in [-0.39, 0.29) is 5.75 Å². The van der Waals surface area contributed by atoms with Gasteiger partial charge in [-0.3, -0.25) is 0 Å². The molecule has 0 aliphatic rings. The van der Waals surface area contributed by atoms with Crippen molar-refractivity contribution >= 4 is 0 Å². The first-order chi connectivity index (χ1) is 8.24. The fourth-order valence-corrected chi connectivity index (χ4v) is 2.32. The number of phenolic OH excluding ortho intramolecular Hbond substituents is 1. The molecule has 0 radical (unpaired) electrons. The van der Waals surface area contributed by atoms with Crippen LogP contribution in [-0.4, -0.2) is 12.2 Å². The van der Waals surface area contributed by atoms with Crippen LogP contribution in [0.5, 0.6) is 11.5 Å². The molecule has 102 valence electrons. The molecule has 2 nitrogen and oxygen atoms in total. The predicted octanol–water partition coefficient (Wildman–Crippen LogP) is 4.58. The average Bonchev–Trinajstić information content (AvgIpc) is 2.25. The number of hydrogen-bond acceptors (Lipinski definition) is 2. The second-order valence-corrected chi connectivity index (χ2v) is 6.55. The van der Waals surface area contributed by atoms with Crippen LogP contribution in [0.15, 0.2) is 18.2 Å². The van der Waals surface area contributed by atoms with Crippen LogP contribution in [0, 0.1) is 11.3 Å². The van der Waals surface area contributed by atoms with E-state index in [2.05, 4.69) is 34.6 Å². The number of aromatic hydroxyl groups is 1. The lowest BCUT2D eigenvalue weighted by molar-refractivity contribution is 0.299. The third-order valence-corrected chi connectivity index (χ3v) is 3.27. The molecular formula is C16H26O2. The summed E-state index contributed by atoms with van der Waals surface area (Å²) in [6.45, 7) is 11.3. The van der Waals surface area contributed by atoms with Crippen molar-refractivity contribution in [3.63, 3.8) is 0 Å². The Hall–Kier alpha value is -1.18. The third kappa shape index (κ3) is 3.94. The Bertz CT molecular complexity index is 389. The highest BCUT2D eigenvalue weighted by Crippen LogP contribution is 2.39. The van der Waals surface area contributed by atoms with Crippen LogP contribution in [0.3, 0.4) is 0 Å². The summed E-state index contributed by atoms with van der Waals surface area (Å²) in [6, 6.07) is 5.70. The Morgan fingerprint density at radius 1 is 1.22 bits per heavy atom. The second kappa shape index (κ2) is 5.64. The molecule has 0 saturated carbocycles. The van der Waals surface area contributed by atoms with E-state index in [4.69, 9.17) is 4.74 Å². The highest BCUT2D eigenvalue weighted by Gasteiger charge is 2.23. The molecule has 1 unspecified atom stereocenters. The summed E-state index contributed by atoms with van der Waals surface area (Å²) in [7, 11) is 1.59. The van der Waals surface area contributed by atoms with Gasteiger partial charge in [-0.2, -0.15) is 0 Å². The lowest BCUT2D eigenvalue weighted by Crippen LogP contribution is -2.16. The summed E-state index contributed by atoms with van der Waals surface area (Å²) in [4.78, 5) is 0. The van der Waals surface area contributed by atoms with Crippen molar-refractivity contribution in [1.82, 2.24) is 0 Å². The maximum Gasteiger partial charge on any atom is 0.160 e. The Morgan fingerprint density at radius 3 is 2.28 bits per heavy atom. The Kier molecular flexibility index (Phi) is 4.66. The summed E-state index contributed by atoms with van der Waals surface area (Å²) in [5.41, 5.74) is 1.54. The van der Waals surface area contributed by atoms with Crippen LogP contribution in [0.4, 0.5) is 0 Å². The SMILES string of the molecule is COc1cc(C(CC(C)(C)C)C(C)C)ccc1O. The molecule has 0 aliphatic carbocycles. The van der Waals surface area contributed by atoms with Gasteiger partial charge in [0.05, 0.1) is 7.11 Å². The van der Waals surface area contributed by atoms with Crippen LogP contribution < -0.4 is 4.74 Å². The van der Waals surface area contributed by atoms with Crippen LogP contribution in [0.1, 0.15) is 52.5 Å². The molecular weight excluding hydrogens is 224 g/mol. The molecule has 1 aromatic carbocycles. The Labute approximate surface area is 111 Å². The van der Waals surface area contributed by atoms with Crippen LogP contribution in [-0.2, 0) is 0 Å². The van der Waals surface area contributed by atoms with Crippen molar-refractivity contribution in [1.29, 1.82) is 0 Å². The van der Waals surface area contributed by atoms with Crippen molar-refractivity contribution in [2.24, 2.45) is 11.3 Å². The van der Waals surface area contributed by atoms with Crippen molar-refractivity contribution in [3.05, 3.63) is 23.8 Å². The Balaban J connectivity index is 3.06. The van der Waals surface area contributed by atoms with Gasteiger partial charge in [-0.05, 0) is 41.4 Å². The van der Waals surface area contributed by atoms with Gasteiger partial charge in [0.25, 0.3) is 0 Å². The topological polar surface area (TPSA) is 29.5 Å². The molecule has 1 aromatic rings. The molecule has 1 rings (SSSR count). The van der Waals surface area contributed by atoms with Crippen molar-refractivity contribution in [3.8, 4) is 11.5 Å². The zero-order valence-corrected chi connectivity index (χ0v) is 12.4. The lowest BCUT2D eigenvalue weighted by Gasteiger charge is -2.29. The molecule has 0 spiro atoms. The zero-order chi connectivity index (χ0) is 13.9. The van der Waals surface area contributed by atoms with Gasteiger partial charge in [-0.15, -0.1) is 0 Å². The van der Waals surface area contributed by atoms with Crippen molar-refractivity contribution in [2.45, 2.75) is 47.0 Å². The highest BCUT2D eigenvalue weighted by molar-refractivity contribution is 5.43. The van der Waals surface area contributed by atoms with Gasteiger partial charge in [0.1, 0.15) is 0 Å². The smallest absolute Gasteiger partial charge is 0.160 e. The normalized spacial score (nSPS) is 13.7. The van der Waals surface area contributed by atoms with E-state index < -0.39 is 0 Å². The summed E-state index contributed by atoms with van der Waals surface area (Å²) in [5.74, 6) is 1.82. The van der Waals surface area contributed by atoms with Crippen molar-refractivity contribution in [2.75, 3.05) is 7.11 Å². The van der Waals surface area contributed by atoms with E-state index >= 15 is 0 Å². The lowest BCUT2D eigenvalue weighted by atomic mass is 9.76. The number of hydrogen-bond donors (Lipinski definition) is 1. The molecule has 1 N–H and O–H groups in total. The van der Waals surface area contributed by atoms with Gasteiger partial charge in [0, 0.05) is 0 Å². The van der Waals surface area contributed by atoms with E-state index in [0.717, 1.165) is 6.42 Å². The monoisotopic (exact) mass is 250 g/mol. The number of methoxy groups -OCH3 is 1. The quantitative estimate of drug-likeness (QED) is 0.847. The first-order valence-corrected chi connectivity index (χ1v) is 6.61. The third-order valence-electron chi connectivity index (χ3n) is 3.27. The molecule has 0 aliphatic heterocycles. The number of phenols is 1. The van der Waals surface area contributed by atoms with E-state index in [1.807, 2.05) is 12.1 Å². The highest BCUT2D eigenvalue weighted by atomic mass is 16.5. The molecule has 0 saturated heterocycles. The molecule has 0 aromatic heterocycles. The summed E-state index contributed by atoms with van der Waals surface area (Å²) < 4.78 is 5.20. The van der Waals surface area contributed by atoms with Crippen LogP contribution >= 0.6 is 0 Å². The minimum absolute atomic E-state index is 0.208. The maximum atomic E-state index is 9.66. The largest absolute Gasteiger partial charge is 0.504 e. The van der Waals surface area contributed by atoms with Gasteiger partial charge >= 0.3 is 0 Å². The number of benzene rings is 1. The number of rotatable bonds is 4. The number of ether oxygens (including phenoxy) is 1.